The number of ether oxygens (including phenoxy) is 1. The molecule has 4 rings (SSSR count). The highest BCUT2D eigenvalue weighted by Crippen LogP contribution is 2.39. The largest absolute Gasteiger partial charge is 0.573 e. The normalized spacial score (nSPS) is 20.5. The third kappa shape index (κ3) is 6.35. The van der Waals surface area contributed by atoms with Gasteiger partial charge >= 0.3 is 6.36 Å². The second kappa shape index (κ2) is 9.84. The van der Waals surface area contributed by atoms with Gasteiger partial charge in [0.15, 0.2) is 5.13 Å². The Morgan fingerprint density at radius 1 is 1.21 bits per heavy atom. The summed E-state index contributed by atoms with van der Waals surface area (Å²) in [4.78, 5) is 29.6. The molecule has 1 saturated heterocycles. The van der Waals surface area contributed by atoms with Crippen LogP contribution >= 0.6 is 11.3 Å². The van der Waals surface area contributed by atoms with E-state index in [4.69, 9.17) is 0 Å². The molecule has 1 atom stereocenters. The van der Waals surface area contributed by atoms with E-state index in [9.17, 15) is 22.8 Å². The summed E-state index contributed by atoms with van der Waals surface area (Å²) in [6.45, 7) is 1.30. The zero-order valence-electron chi connectivity index (χ0n) is 18.1. The minimum absolute atomic E-state index is 0.0130. The Morgan fingerprint density at radius 3 is 2.70 bits per heavy atom. The summed E-state index contributed by atoms with van der Waals surface area (Å²) >= 11 is 1.09. The van der Waals surface area contributed by atoms with Gasteiger partial charge in [-0.2, -0.15) is 0 Å². The average molecular weight is 485 g/mol. The molecule has 11 heteroatoms. The van der Waals surface area contributed by atoms with Crippen LogP contribution in [-0.4, -0.2) is 42.3 Å². The van der Waals surface area contributed by atoms with Crippen molar-refractivity contribution in [2.75, 3.05) is 18.4 Å². The number of nitrogens with one attached hydrogen (secondary N) is 3. The minimum Gasteiger partial charge on any atom is -0.406 e. The van der Waals surface area contributed by atoms with Gasteiger partial charge in [0.25, 0.3) is 0 Å². The first-order valence-electron chi connectivity index (χ1n) is 11.2. The van der Waals surface area contributed by atoms with Crippen molar-refractivity contribution in [2.45, 2.75) is 63.8 Å². The summed E-state index contributed by atoms with van der Waals surface area (Å²) in [7, 11) is 0. The molecule has 1 aromatic heterocycles. The zero-order chi connectivity index (χ0) is 23.5. The van der Waals surface area contributed by atoms with Gasteiger partial charge in [-0.3, -0.25) is 9.59 Å². The van der Waals surface area contributed by atoms with Gasteiger partial charge in [0.1, 0.15) is 5.75 Å². The average Bonchev–Trinajstić information content (AvgIpc) is 3.41. The van der Waals surface area contributed by atoms with Crippen molar-refractivity contribution in [3.05, 3.63) is 18.2 Å². The standard InChI is InChI=1S/C22H27F3N4O3S/c23-22(24,25)32-14-6-7-15-17(11-14)33-20(28-15)29-18(30)12-21(8-2-1-3-9-21)13-27-19(31)16-5-4-10-26-16/h6-7,11,16,26H,1-5,8-10,12-13H2,(H,27,31)(H,28,29,30)/t16-/m0/s1. The molecule has 1 saturated carbocycles. The quantitative estimate of drug-likeness (QED) is 0.544. The molecule has 2 aromatic rings. The van der Waals surface area contributed by atoms with Crippen LogP contribution in [0.4, 0.5) is 18.3 Å². The Morgan fingerprint density at radius 2 is 2.00 bits per heavy atom. The highest BCUT2D eigenvalue weighted by atomic mass is 32.1. The molecule has 7 nitrogen and oxygen atoms in total. The molecular formula is C22H27F3N4O3S. The van der Waals surface area contributed by atoms with Crippen LogP contribution in [0.1, 0.15) is 51.4 Å². The fourth-order valence-electron chi connectivity index (χ4n) is 4.68. The number of amides is 2. The number of thiazole rings is 1. The van der Waals surface area contributed by atoms with Crippen molar-refractivity contribution in [1.82, 2.24) is 15.6 Å². The van der Waals surface area contributed by atoms with Gasteiger partial charge in [-0.25, -0.2) is 4.98 Å². The molecule has 2 fully saturated rings. The van der Waals surface area contributed by atoms with Crippen molar-refractivity contribution in [3.8, 4) is 5.75 Å². The molecule has 2 amide bonds. The number of anilines is 1. The first kappa shape index (κ1) is 23.7. The lowest BCUT2D eigenvalue weighted by molar-refractivity contribution is -0.274. The van der Waals surface area contributed by atoms with E-state index in [1.807, 2.05) is 0 Å². The van der Waals surface area contributed by atoms with E-state index in [0.717, 1.165) is 62.8 Å². The van der Waals surface area contributed by atoms with Crippen LogP contribution in [0.5, 0.6) is 5.75 Å². The second-order valence-corrected chi connectivity index (χ2v) is 9.88. The Hall–Kier alpha value is -2.40. The first-order valence-corrected chi connectivity index (χ1v) is 12.0. The highest BCUT2D eigenvalue weighted by Gasteiger charge is 2.36. The second-order valence-electron chi connectivity index (χ2n) is 8.85. The summed E-state index contributed by atoms with van der Waals surface area (Å²) in [5.74, 6) is -0.554. The molecule has 2 heterocycles. The van der Waals surface area contributed by atoms with Crippen molar-refractivity contribution in [2.24, 2.45) is 5.41 Å². The Bertz CT molecular complexity index is 998. The maximum absolute atomic E-state index is 12.9. The van der Waals surface area contributed by atoms with Gasteiger partial charge in [0.2, 0.25) is 11.8 Å². The van der Waals surface area contributed by atoms with E-state index in [1.165, 1.54) is 18.2 Å². The van der Waals surface area contributed by atoms with Crippen LogP contribution in [-0.2, 0) is 9.59 Å². The summed E-state index contributed by atoms with van der Waals surface area (Å²) in [6, 6.07) is 3.72. The molecular weight excluding hydrogens is 457 g/mol. The molecule has 1 aliphatic heterocycles. The van der Waals surface area contributed by atoms with Gasteiger partial charge in [-0.15, -0.1) is 13.2 Å². The summed E-state index contributed by atoms with van der Waals surface area (Å²) < 4.78 is 41.8. The number of fused-ring (bicyclic) bond motifs is 1. The molecule has 2 aliphatic rings. The van der Waals surface area contributed by atoms with Gasteiger partial charge in [-0.1, -0.05) is 30.6 Å². The molecule has 3 N–H and O–H groups in total. The lowest BCUT2D eigenvalue weighted by atomic mass is 9.71. The number of carbonyl (C=O) groups is 2. The fraction of sp³-hybridized carbons (Fsp3) is 0.591. The van der Waals surface area contributed by atoms with E-state index >= 15 is 0 Å². The number of nitrogens with zero attached hydrogens (tertiary/aromatic N) is 1. The number of benzene rings is 1. The van der Waals surface area contributed by atoms with E-state index in [1.54, 1.807) is 0 Å². The highest BCUT2D eigenvalue weighted by molar-refractivity contribution is 7.22. The van der Waals surface area contributed by atoms with E-state index in [-0.39, 0.29) is 35.4 Å². The molecule has 1 aromatic carbocycles. The van der Waals surface area contributed by atoms with Crippen LogP contribution in [0.2, 0.25) is 0 Å². The van der Waals surface area contributed by atoms with Crippen molar-refractivity contribution >= 4 is 38.5 Å². The number of carbonyl (C=O) groups excluding carboxylic acids is 2. The molecule has 0 radical (unpaired) electrons. The number of rotatable bonds is 7. The number of aromatic nitrogens is 1. The zero-order valence-corrected chi connectivity index (χ0v) is 18.9. The summed E-state index contributed by atoms with van der Waals surface area (Å²) in [5.41, 5.74) is 0.176. The van der Waals surface area contributed by atoms with Gasteiger partial charge in [-0.05, 0) is 49.8 Å². The Balaban J connectivity index is 1.39. The Kier molecular flexibility index (Phi) is 7.08. The van der Waals surface area contributed by atoms with Crippen molar-refractivity contribution in [3.63, 3.8) is 0 Å². The summed E-state index contributed by atoms with van der Waals surface area (Å²) in [6.07, 6.45) is 2.14. The summed E-state index contributed by atoms with van der Waals surface area (Å²) in [5, 5.41) is 9.36. The number of hydrogen-bond donors (Lipinski definition) is 3. The molecule has 1 aliphatic carbocycles. The van der Waals surface area contributed by atoms with E-state index in [2.05, 4.69) is 25.7 Å². The topological polar surface area (TPSA) is 92.4 Å². The third-order valence-electron chi connectivity index (χ3n) is 6.30. The predicted octanol–water partition coefficient (Wildman–Crippen LogP) is 4.34. The number of hydrogen-bond acceptors (Lipinski definition) is 6. The minimum atomic E-state index is -4.77. The van der Waals surface area contributed by atoms with Gasteiger partial charge in [0, 0.05) is 19.0 Å². The lowest BCUT2D eigenvalue weighted by Gasteiger charge is -2.37. The van der Waals surface area contributed by atoms with Crippen molar-refractivity contribution in [1.29, 1.82) is 0 Å². The lowest BCUT2D eigenvalue weighted by Crippen LogP contribution is -2.46. The van der Waals surface area contributed by atoms with Crippen molar-refractivity contribution < 1.29 is 27.5 Å². The van der Waals surface area contributed by atoms with Gasteiger partial charge < -0.3 is 20.7 Å². The molecule has 0 unspecified atom stereocenters. The monoisotopic (exact) mass is 484 g/mol. The van der Waals surface area contributed by atoms with E-state index < -0.39 is 6.36 Å². The van der Waals surface area contributed by atoms with Crippen LogP contribution in [0.3, 0.4) is 0 Å². The molecule has 0 spiro atoms. The van der Waals surface area contributed by atoms with Gasteiger partial charge in [0.05, 0.1) is 16.3 Å². The fourth-order valence-corrected chi connectivity index (χ4v) is 5.59. The SMILES string of the molecule is O=C(CC1(CNC(=O)[C@@H]2CCCN2)CCCCC1)Nc1nc2ccc(OC(F)(F)F)cc2s1. The Labute approximate surface area is 193 Å². The maximum Gasteiger partial charge on any atom is 0.573 e. The van der Waals surface area contributed by atoms with Crippen LogP contribution in [0.25, 0.3) is 10.2 Å². The number of alkyl halides is 3. The van der Waals surface area contributed by atoms with Crippen LogP contribution < -0.4 is 20.7 Å². The first-order chi connectivity index (χ1) is 15.7. The third-order valence-corrected chi connectivity index (χ3v) is 7.24. The van der Waals surface area contributed by atoms with Crippen LogP contribution in [0.15, 0.2) is 18.2 Å². The van der Waals surface area contributed by atoms with Crippen LogP contribution in [0, 0.1) is 5.41 Å². The molecule has 180 valence electrons. The predicted molar refractivity (Wildman–Crippen MR) is 119 cm³/mol. The molecule has 0 bridgehead atoms. The maximum atomic E-state index is 12.9. The van der Waals surface area contributed by atoms with E-state index in [0.29, 0.717) is 21.9 Å². The molecule has 33 heavy (non-hydrogen) atoms. The number of halogens is 3. The smallest absolute Gasteiger partial charge is 0.406 e.